The summed E-state index contributed by atoms with van der Waals surface area (Å²) >= 11 is 0. The van der Waals surface area contributed by atoms with Crippen molar-refractivity contribution in [1.29, 1.82) is 0 Å². The van der Waals surface area contributed by atoms with Gasteiger partial charge in [0.2, 0.25) is 0 Å². The minimum Gasteiger partial charge on any atom is -0.444 e. The topological polar surface area (TPSA) is 73.2 Å². The van der Waals surface area contributed by atoms with E-state index in [1.165, 1.54) is 30.3 Å². The first-order chi connectivity index (χ1) is 14.5. The van der Waals surface area contributed by atoms with Crippen molar-refractivity contribution in [1.82, 2.24) is 14.9 Å². The lowest BCUT2D eigenvalue weighted by atomic mass is 10.1. The number of alkyl carbamates (subject to hydrolysis) is 1. The van der Waals surface area contributed by atoms with Gasteiger partial charge in [-0.1, -0.05) is 18.2 Å². The number of aromatic nitrogens is 2. The molecular weight excluding hydrogens is 411 g/mol. The van der Waals surface area contributed by atoms with Crippen molar-refractivity contribution in [2.24, 2.45) is 0 Å². The number of benzene rings is 2. The maximum Gasteiger partial charge on any atom is 0.408 e. The molecule has 0 saturated heterocycles. The second-order valence-electron chi connectivity index (χ2n) is 8.01. The Bertz CT molecular complexity index is 1190. The third-order valence-corrected chi connectivity index (χ3v) is 4.37. The summed E-state index contributed by atoms with van der Waals surface area (Å²) in [6.45, 7) is 6.64. The summed E-state index contributed by atoms with van der Waals surface area (Å²) in [4.78, 5) is 29.8. The zero-order valence-electron chi connectivity index (χ0n) is 17.4. The molecule has 1 atom stereocenters. The number of rotatable bonds is 4. The number of amides is 1. The van der Waals surface area contributed by atoms with Gasteiger partial charge >= 0.3 is 6.09 Å². The fourth-order valence-corrected chi connectivity index (χ4v) is 3.10. The molecule has 6 nitrogen and oxygen atoms in total. The standard InChI is InChI=1S/C22H22F3N3O3/c1-12(26-21(30)31-22(2,3)4)19-27-16-10-6-9-15(23)17(16)20(29)28(19)14-8-5-7-13(11-14)18(24)25/h5-12,18H,1-4H3,(H,26,30)/t12-/m0/s1. The molecule has 3 rings (SSSR count). The van der Waals surface area contributed by atoms with Gasteiger partial charge in [-0.05, 0) is 52.0 Å². The summed E-state index contributed by atoms with van der Waals surface area (Å²) < 4.78 is 47.1. The quantitative estimate of drug-likeness (QED) is 0.625. The maximum absolute atomic E-state index is 14.4. The van der Waals surface area contributed by atoms with Gasteiger partial charge in [0.25, 0.3) is 12.0 Å². The molecule has 0 aliphatic rings. The van der Waals surface area contributed by atoms with Crippen LogP contribution in [0.25, 0.3) is 16.6 Å². The van der Waals surface area contributed by atoms with Crippen molar-refractivity contribution in [3.8, 4) is 5.69 Å². The van der Waals surface area contributed by atoms with Gasteiger partial charge in [0.1, 0.15) is 22.6 Å². The third kappa shape index (κ3) is 4.87. The number of fused-ring (bicyclic) bond motifs is 1. The zero-order chi connectivity index (χ0) is 22.9. The van der Waals surface area contributed by atoms with Gasteiger partial charge in [-0.2, -0.15) is 0 Å². The van der Waals surface area contributed by atoms with Crippen LogP contribution in [0.4, 0.5) is 18.0 Å². The van der Waals surface area contributed by atoms with E-state index < -0.39 is 35.5 Å². The molecule has 164 valence electrons. The van der Waals surface area contributed by atoms with Gasteiger partial charge in [0.05, 0.1) is 17.2 Å². The predicted molar refractivity (Wildman–Crippen MR) is 110 cm³/mol. The van der Waals surface area contributed by atoms with Crippen molar-refractivity contribution in [2.45, 2.75) is 45.8 Å². The van der Waals surface area contributed by atoms with Crippen LogP contribution in [0.15, 0.2) is 47.3 Å². The highest BCUT2D eigenvalue weighted by Gasteiger charge is 2.24. The van der Waals surface area contributed by atoms with E-state index in [0.29, 0.717) is 0 Å². The van der Waals surface area contributed by atoms with Crippen LogP contribution in [-0.4, -0.2) is 21.2 Å². The fraction of sp³-hybridized carbons (Fsp3) is 0.318. The molecule has 31 heavy (non-hydrogen) atoms. The summed E-state index contributed by atoms with van der Waals surface area (Å²) in [5.41, 5.74) is -1.68. The summed E-state index contributed by atoms with van der Waals surface area (Å²) in [7, 11) is 0. The van der Waals surface area contributed by atoms with Crippen molar-refractivity contribution in [3.05, 3.63) is 70.0 Å². The molecule has 3 aromatic rings. The second-order valence-corrected chi connectivity index (χ2v) is 8.01. The Balaban J connectivity index is 2.20. The van der Waals surface area contributed by atoms with Gasteiger partial charge in [-0.25, -0.2) is 22.9 Å². The number of hydrogen-bond donors (Lipinski definition) is 1. The first kappa shape index (κ1) is 22.3. The normalized spacial score (nSPS) is 12.8. The predicted octanol–water partition coefficient (Wildman–Crippen LogP) is 5.05. The fourth-order valence-electron chi connectivity index (χ4n) is 3.10. The average Bonchev–Trinajstić information content (AvgIpc) is 2.66. The number of carbonyl (C=O) groups is 1. The molecule has 0 spiro atoms. The van der Waals surface area contributed by atoms with Gasteiger partial charge in [0, 0.05) is 5.56 Å². The van der Waals surface area contributed by atoms with E-state index >= 15 is 0 Å². The van der Waals surface area contributed by atoms with Crippen molar-refractivity contribution in [3.63, 3.8) is 0 Å². The Morgan fingerprint density at radius 3 is 2.48 bits per heavy atom. The van der Waals surface area contributed by atoms with Crippen LogP contribution in [0.5, 0.6) is 0 Å². The molecule has 0 aliphatic carbocycles. The van der Waals surface area contributed by atoms with Gasteiger partial charge < -0.3 is 10.1 Å². The highest BCUT2D eigenvalue weighted by molar-refractivity contribution is 5.79. The van der Waals surface area contributed by atoms with E-state index in [9.17, 15) is 22.8 Å². The van der Waals surface area contributed by atoms with Crippen LogP contribution in [0.2, 0.25) is 0 Å². The third-order valence-electron chi connectivity index (χ3n) is 4.37. The van der Waals surface area contributed by atoms with Crippen LogP contribution in [-0.2, 0) is 4.74 Å². The van der Waals surface area contributed by atoms with Gasteiger partial charge in [-0.15, -0.1) is 0 Å². The number of nitrogens with zero attached hydrogens (tertiary/aromatic N) is 2. The highest BCUT2D eigenvalue weighted by atomic mass is 19.3. The molecule has 0 fully saturated rings. The monoisotopic (exact) mass is 433 g/mol. The van der Waals surface area contributed by atoms with Crippen molar-refractivity contribution < 1.29 is 22.7 Å². The lowest BCUT2D eigenvalue weighted by molar-refractivity contribution is 0.0505. The average molecular weight is 433 g/mol. The molecule has 1 amide bonds. The van der Waals surface area contributed by atoms with Crippen LogP contribution >= 0.6 is 0 Å². The molecule has 0 aliphatic heterocycles. The second kappa shape index (κ2) is 8.41. The number of nitrogens with one attached hydrogen (secondary N) is 1. The number of carbonyl (C=O) groups excluding carboxylic acids is 1. The highest BCUT2D eigenvalue weighted by Crippen LogP contribution is 2.24. The maximum atomic E-state index is 14.4. The van der Waals surface area contributed by atoms with Gasteiger partial charge in [0.15, 0.2) is 0 Å². The molecule has 0 bridgehead atoms. The lowest BCUT2D eigenvalue weighted by Gasteiger charge is -2.23. The Hall–Kier alpha value is -3.36. The number of halogens is 3. The van der Waals surface area contributed by atoms with E-state index in [-0.39, 0.29) is 28.0 Å². The van der Waals surface area contributed by atoms with Crippen molar-refractivity contribution in [2.75, 3.05) is 0 Å². The zero-order valence-corrected chi connectivity index (χ0v) is 17.4. The Morgan fingerprint density at radius 2 is 1.84 bits per heavy atom. The van der Waals surface area contributed by atoms with Gasteiger partial charge in [-0.3, -0.25) is 9.36 Å². The molecule has 0 saturated carbocycles. The molecule has 0 unspecified atom stereocenters. The molecule has 9 heteroatoms. The minimum absolute atomic E-state index is 0.0420. The van der Waals surface area contributed by atoms with E-state index in [4.69, 9.17) is 4.74 Å². The van der Waals surface area contributed by atoms with Crippen molar-refractivity contribution >= 4 is 17.0 Å². The minimum atomic E-state index is -2.76. The van der Waals surface area contributed by atoms with Crippen LogP contribution in [0.3, 0.4) is 0 Å². The summed E-state index contributed by atoms with van der Waals surface area (Å²) in [6, 6.07) is 8.28. The molecule has 2 aromatic carbocycles. The van der Waals surface area contributed by atoms with Crippen LogP contribution in [0.1, 0.15) is 51.6 Å². The van der Waals surface area contributed by atoms with E-state index in [1.54, 1.807) is 27.7 Å². The van der Waals surface area contributed by atoms with E-state index in [1.807, 2.05) is 0 Å². The first-order valence-corrected chi connectivity index (χ1v) is 9.57. The molecule has 1 aromatic heterocycles. The van der Waals surface area contributed by atoms with E-state index in [2.05, 4.69) is 10.3 Å². The molecule has 1 N–H and O–H groups in total. The first-order valence-electron chi connectivity index (χ1n) is 9.57. The van der Waals surface area contributed by atoms with Crippen LogP contribution < -0.4 is 10.9 Å². The molecule has 1 heterocycles. The largest absolute Gasteiger partial charge is 0.444 e. The number of hydrogen-bond acceptors (Lipinski definition) is 4. The Morgan fingerprint density at radius 1 is 1.16 bits per heavy atom. The molecule has 0 radical (unpaired) electrons. The van der Waals surface area contributed by atoms with E-state index in [0.717, 1.165) is 16.7 Å². The number of alkyl halides is 2. The number of ether oxygens (including phenoxy) is 1. The SMILES string of the molecule is C[C@H](NC(=O)OC(C)(C)C)c1nc2cccc(F)c2c(=O)n1-c1cccc(C(F)F)c1. The Labute approximate surface area is 176 Å². The smallest absolute Gasteiger partial charge is 0.408 e. The molecular formula is C22H22F3N3O3. The summed E-state index contributed by atoms with van der Waals surface area (Å²) in [5, 5.41) is 2.30. The Kier molecular flexibility index (Phi) is 6.06. The summed E-state index contributed by atoms with van der Waals surface area (Å²) in [5.74, 6) is -0.742. The van der Waals surface area contributed by atoms with Crippen LogP contribution in [0, 0.1) is 5.82 Å². The lowest BCUT2D eigenvalue weighted by Crippen LogP contribution is -2.37. The summed E-state index contributed by atoms with van der Waals surface area (Å²) in [6.07, 6.45) is -3.51.